The van der Waals surface area contributed by atoms with E-state index < -0.39 is 46.2 Å². The summed E-state index contributed by atoms with van der Waals surface area (Å²) < 4.78 is 43.2. The van der Waals surface area contributed by atoms with E-state index in [0.29, 0.717) is 37.1 Å². The highest BCUT2D eigenvalue weighted by Crippen LogP contribution is 2.40. The fourth-order valence-electron chi connectivity index (χ4n) is 5.30. The number of carbonyl (C=O) groups is 2. The number of benzene rings is 1. The number of pyridine rings is 2. The zero-order chi connectivity index (χ0) is 26.2. The van der Waals surface area contributed by atoms with Crippen LogP contribution >= 0.6 is 0 Å². The van der Waals surface area contributed by atoms with Gasteiger partial charge in [0.15, 0.2) is 0 Å². The number of nitrogens with zero attached hydrogens (tertiary/aromatic N) is 2. The quantitative estimate of drug-likeness (QED) is 0.409. The summed E-state index contributed by atoms with van der Waals surface area (Å²) in [7, 11) is 0. The molecule has 8 nitrogen and oxygen atoms in total. The van der Waals surface area contributed by atoms with E-state index in [1.54, 1.807) is 0 Å². The first kappa shape index (κ1) is 24.7. The number of aromatic nitrogens is 2. The zero-order valence-electron chi connectivity index (χ0n) is 19.7. The second kappa shape index (κ2) is 9.81. The minimum atomic E-state index is -1.19. The van der Waals surface area contributed by atoms with Crippen molar-refractivity contribution in [2.75, 3.05) is 18.4 Å². The fraction of sp³-hybridized carbons (Fsp3) is 0.308. The number of rotatable bonds is 5. The molecule has 2 aliphatic rings. The highest BCUT2D eigenvalue weighted by Gasteiger charge is 2.41. The molecule has 4 N–H and O–H groups in total. The van der Waals surface area contributed by atoms with Crippen LogP contribution in [0, 0.1) is 17.5 Å². The number of carboxylic acid groups (broad SMARTS) is 1. The lowest BCUT2D eigenvalue weighted by Crippen LogP contribution is -2.55. The van der Waals surface area contributed by atoms with Gasteiger partial charge in [-0.05, 0) is 68.5 Å². The normalized spacial score (nSPS) is 18.8. The molecule has 1 atom stereocenters. The van der Waals surface area contributed by atoms with Crippen molar-refractivity contribution in [1.82, 2.24) is 20.6 Å². The molecule has 3 aromatic rings. The minimum Gasteiger partial charge on any atom is -0.465 e. The lowest BCUT2D eigenvalue weighted by molar-refractivity contribution is 0.102. The van der Waals surface area contributed by atoms with E-state index >= 15 is 0 Å². The second-order valence-electron chi connectivity index (χ2n) is 9.20. The lowest BCUT2D eigenvalue weighted by Gasteiger charge is -2.40. The molecule has 1 saturated heterocycles. The largest absolute Gasteiger partial charge is 0.465 e. The number of nitrogens with one attached hydrogen (secondary N) is 3. The topological polar surface area (TPSA) is 116 Å². The van der Waals surface area contributed by atoms with Crippen LogP contribution in [0.3, 0.4) is 0 Å². The summed E-state index contributed by atoms with van der Waals surface area (Å²) in [5, 5.41) is 18.3. The van der Waals surface area contributed by atoms with Crippen molar-refractivity contribution in [2.45, 2.75) is 37.6 Å². The summed E-state index contributed by atoms with van der Waals surface area (Å²) in [6.07, 6.45) is 3.78. The Morgan fingerprint density at radius 1 is 1.03 bits per heavy atom. The van der Waals surface area contributed by atoms with Crippen LogP contribution in [-0.2, 0) is 18.4 Å². The van der Waals surface area contributed by atoms with Gasteiger partial charge in [-0.3, -0.25) is 9.78 Å². The number of halogens is 3. The van der Waals surface area contributed by atoms with Gasteiger partial charge in [-0.25, -0.2) is 22.9 Å². The van der Waals surface area contributed by atoms with E-state index in [2.05, 4.69) is 25.9 Å². The number of fused-ring (bicyclic) bond motifs is 1. The van der Waals surface area contributed by atoms with E-state index in [1.807, 2.05) is 0 Å². The van der Waals surface area contributed by atoms with Crippen LogP contribution in [0.5, 0.6) is 0 Å². The Balaban J connectivity index is 1.56. The molecule has 0 spiro atoms. The van der Waals surface area contributed by atoms with Crippen LogP contribution in [0.2, 0.25) is 0 Å². The summed E-state index contributed by atoms with van der Waals surface area (Å²) in [5.41, 5.74) is 0.102. The minimum absolute atomic E-state index is 0.271. The summed E-state index contributed by atoms with van der Waals surface area (Å²) in [5.74, 6) is -3.77. The molecule has 1 aromatic carbocycles. The number of hydrogen-bond acceptors (Lipinski definition) is 5. The van der Waals surface area contributed by atoms with Crippen molar-refractivity contribution in [3.63, 3.8) is 0 Å². The van der Waals surface area contributed by atoms with Crippen molar-refractivity contribution in [3.8, 4) is 11.3 Å². The maximum atomic E-state index is 14.5. The molecule has 192 valence electrons. The van der Waals surface area contributed by atoms with Gasteiger partial charge in [0, 0.05) is 17.8 Å². The molecular weight excluding hydrogens is 487 g/mol. The molecule has 1 fully saturated rings. The van der Waals surface area contributed by atoms with Crippen molar-refractivity contribution in [2.24, 2.45) is 0 Å². The van der Waals surface area contributed by atoms with E-state index in [9.17, 15) is 27.9 Å². The maximum absolute atomic E-state index is 14.5. The van der Waals surface area contributed by atoms with Gasteiger partial charge in [0.1, 0.15) is 28.8 Å². The van der Waals surface area contributed by atoms with Crippen LogP contribution in [-0.4, -0.2) is 40.2 Å². The van der Waals surface area contributed by atoms with Crippen LogP contribution in [0.1, 0.15) is 46.6 Å². The Labute approximate surface area is 210 Å². The first-order chi connectivity index (χ1) is 17.8. The number of amides is 2. The van der Waals surface area contributed by atoms with Crippen LogP contribution < -0.4 is 16.0 Å². The molecular formula is C26H24F3N5O3. The van der Waals surface area contributed by atoms with Crippen molar-refractivity contribution < 1.29 is 27.9 Å². The molecule has 2 amide bonds. The molecule has 2 aromatic heterocycles. The summed E-state index contributed by atoms with van der Waals surface area (Å²) in [4.78, 5) is 33.5. The summed E-state index contributed by atoms with van der Waals surface area (Å²) in [6, 6.07) is 5.13. The van der Waals surface area contributed by atoms with Gasteiger partial charge < -0.3 is 21.1 Å². The molecule has 11 heteroatoms. The highest BCUT2D eigenvalue weighted by atomic mass is 19.1. The third-order valence-electron chi connectivity index (χ3n) is 6.84. The first-order valence-corrected chi connectivity index (χ1v) is 11.9. The Morgan fingerprint density at radius 3 is 2.51 bits per heavy atom. The van der Waals surface area contributed by atoms with Gasteiger partial charge in [-0.2, -0.15) is 0 Å². The predicted octanol–water partition coefficient (Wildman–Crippen LogP) is 4.15. The molecule has 0 saturated carbocycles. The monoisotopic (exact) mass is 511 g/mol. The standard InChI is InChI=1S/C26H24F3N5O3/c27-15-5-2-6-16(28)21(15)23-17(29)8-9-19(32-23)24(35)33-20-12-31-18-7-1-4-14(18)22(20)26(34-25(36)37)10-3-11-30-13-26/h2,5-6,8-9,12,30,34H,1,3-4,7,10-11,13H2,(H,33,35)(H,36,37)/t26-/m1/s1. The molecule has 0 bridgehead atoms. The van der Waals surface area contributed by atoms with Crippen LogP contribution in [0.15, 0.2) is 36.5 Å². The maximum Gasteiger partial charge on any atom is 0.405 e. The molecule has 0 radical (unpaired) electrons. The van der Waals surface area contributed by atoms with Gasteiger partial charge >= 0.3 is 6.09 Å². The molecule has 0 unspecified atom stereocenters. The first-order valence-electron chi connectivity index (χ1n) is 11.9. The zero-order valence-corrected chi connectivity index (χ0v) is 19.7. The third-order valence-corrected chi connectivity index (χ3v) is 6.84. The number of piperidine rings is 1. The number of aryl methyl sites for hydroxylation is 1. The fourth-order valence-corrected chi connectivity index (χ4v) is 5.30. The van der Waals surface area contributed by atoms with Crippen LogP contribution in [0.25, 0.3) is 11.3 Å². The lowest BCUT2D eigenvalue weighted by atomic mass is 9.79. The molecule has 1 aliphatic carbocycles. The molecule has 1 aliphatic heterocycles. The van der Waals surface area contributed by atoms with E-state index in [0.717, 1.165) is 61.0 Å². The third kappa shape index (κ3) is 4.62. The molecule has 5 rings (SSSR count). The van der Waals surface area contributed by atoms with Crippen molar-refractivity contribution in [3.05, 3.63) is 76.5 Å². The number of carbonyl (C=O) groups excluding carboxylic acids is 1. The SMILES string of the molecule is O=C(O)N[C@]1(c2c(NC(=O)c3ccc(F)c(-c4c(F)cccc4F)n3)cnc3c2CCC3)CCCNC1. The van der Waals surface area contributed by atoms with Crippen molar-refractivity contribution >= 4 is 17.7 Å². The van der Waals surface area contributed by atoms with Gasteiger partial charge in [-0.1, -0.05) is 6.07 Å². The number of anilines is 1. The number of hydrogen-bond donors (Lipinski definition) is 4. The Hall–Kier alpha value is -3.99. The van der Waals surface area contributed by atoms with Gasteiger partial charge in [0.25, 0.3) is 5.91 Å². The highest BCUT2D eigenvalue weighted by molar-refractivity contribution is 6.03. The van der Waals surface area contributed by atoms with Gasteiger partial charge in [-0.15, -0.1) is 0 Å². The second-order valence-corrected chi connectivity index (χ2v) is 9.20. The predicted molar refractivity (Wildman–Crippen MR) is 129 cm³/mol. The Morgan fingerprint density at radius 2 is 1.81 bits per heavy atom. The Kier molecular flexibility index (Phi) is 6.55. The summed E-state index contributed by atoms with van der Waals surface area (Å²) in [6.45, 7) is 1.05. The van der Waals surface area contributed by atoms with E-state index in [4.69, 9.17) is 0 Å². The molecule has 3 heterocycles. The van der Waals surface area contributed by atoms with E-state index in [-0.39, 0.29) is 5.69 Å². The smallest absolute Gasteiger partial charge is 0.405 e. The van der Waals surface area contributed by atoms with Crippen molar-refractivity contribution in [1.29, 1.82) is 0 Å². The van der Waals surface area contributed by atoms with Gasteiger partial charge in [0.05, 0.1) is 23.0 Å². The molecule has 37 heavy (non-hydrogen) atoms. The Bertz CT molecular complexity index is 1370. The summed E-state index contributed by atoms with van der Waals surface area (Å²) >= 11 is 0. The van der Waals surface area contributed by atoms with Crippen LogP contribution in [0.4, 0.5) is 23.7 Å². The average molecular weight is 512 g/mol. The van der Waals surface area contributed by atoms with Gasteiger partial charge in [0.2, 0.25) is 0 Å². The average Bonchev–Trinajstić information content (AvgIpc) is 3.33. The van der Waals surface area contributed by atoms with E-state index in [1.165, 1.54) is 6.20 Å².